The fraction of sp³-hybridized carbons (Fsp3) is 0. The third-order valence-electron chi connectivity index (χ3n) is 4.36. The molecule has 0 radical (unpaired) electrons. The third kappa shape index (κ3) is 5.63. The molecule has 0 aliphatic heterocycles. The van der Waals surface area contributed by atoms with Crippen LogP contribution in [0, 0.1) is 0 Å². The van der Waals surface area contributed by atoms with Crippen molar-refractivity contribution in [1.29, 1.82) is 0 Å². The van der Waals surface area contributed by atoms with Crippen LogP contribution >= 0.6 is 0 Å². The molecule has 3 N–H and O–H groups in total. The normalized spacial score (nSPS) is 11.5. The predicted octanol–water partition coefficient (Wildman–Crippen LogP) is 5.84. The molecular weight excluding hydrogens is 412 g/mol. The van der Waals surface area contributed by atoms with Crippen molar-refractivity contribution in [1.82, 2.24) is 0 Å². The van der Waals surface area contributed by atoms with Crippen molar-refractivity contribution in [2.24, 2.45) is 0 Å². The monoisotopic (exact) mass is 431 g/mol. The van der Waals surface area contributed by atoms with Crippen molar-refractivity contribution in [3.63, 3.8) is 0 Å². The number of anilines is 3. The summed E-state index contributed by atoms with van der Waals surface area (Å²) in [5, 5.41) is 3.32. The second kappa shape index (κ2) is 9.34. The average Bonchev–Trinajstić information content (AvgIpc) is 2.78. The Balaban J connectivity index is 1.35. The van der Waals surface area contributed by atoms with E-state index in [0.717, 1.165) is 22.9 Å². The zero-order valence-corrected chi connectivity index (χ0v) is 17.2. The predicted molar refractivity (Wildman–Crippen MR) is 121 cm³/mol. The molecule has 1 unspecified atom stereocenters. The molecule has 0 heterocycles. The van der Waals surface area contributed by atoms with Crippen LogP contribution in [-0.2, 0) is 11.1 Å². The van der Waals surface area contributed by atoms with Crippen molar-refractivity contribution >= 4 is 28.1 Å². The molecule has 1 atom stereocenters. The van der Waals surface area contributed by atoms with Gasteiger partial charge in [-0.15, -0.1) is 0 Å². The Labute approximate surface area is 182 Å². The van der Waals surface area contributed by atoms with Crippen LogP contribution in [0.5, 0.6) is 23.0 Å². The molecule has 4 aromatic rings. The van der Waals surface area contributed by atoms with Crippen LogP contribution in [0.4, 0.5) is 17.1 Å². The minimum atomic E-state index is -2.25. The van der Waals surface area contributed by atoms with Crippen molar-refractivity contribution in [3.8, 4) is 23.0 Å². The Morgan fingerprint density at radius 3 is 1.35 bits per heavy atom. The zero-order valence-electron chi connectivity index (χ0n) is 16.4. The molecule has 7 heteroatoms. The summed E-state index contributed by atoms with van der Waals surface area (Å²) in [4.78, 5) is 0.219. The van der Waals surface area contributed by atoms with Gasteiger partial charge in [0, 0.05) is 22.0 Å². The number of nitrogens with two attached hydrogens (primary N) is 1. The van der Waals surface area contributed by atoms with Gasteiger partial charge in [0.1, 0.15) is 23.0 Å². The van der Waals surface area contributed by atoms with Crippen molar-refractivity contribution in [3.05, 3.63) is 97.1 Å². The molecule has 0 aromatic heterocycles. The first-order valence-corrected chi connectivity index (χ1v) is 10.5. The number of nitrogens with one attached hydrogen (secondary N) is 1. The molecule has 6 nitrogen and oxygen atoms in total. The summed E-state index contributed by atoms with van der Waals surface area (Å²) in [6, 6.07) is 28.5. The van der Waals surface area contributed by atoms with Gasteiger partial charge in [0.2, 0.25) is 0 Å². The number of ether oxygens (including phenoxy) is 2. The molecule has 0 bridgehead atoms. The van der Waals surface area contributed by atoms with E-state index in [1.54, 1.807) is 24.3 Å². The largest absolute Gasteiger partial charge is 0.768 e. The maximum Gasteiger partial charge on any atom is 0.127 e. The van der Waals surface area contributed by atoms with Gasteiger partial charge in [-0.3, -0.25) is 4.21 Å². The van der Waals surface area contributed by atoms with E-state index < -0.39 is 11.1 Å². The highest BCUT2D eigenvalue weighted by Crippen LogP contribution is 2.27. The third-order valence-corrected chi connectivity index (χ3v) is 5.02. The van der Waals surface area contributed by atoms with E-state index >= 15 is 0 Å². The highest BCUT2D eigenvalue weighted by molar-refractivity contribution is 7.79. The van der Waals surface area contributed by atoms with Gasteiger partial charge in [0.05, 0.1) is 0 Å². The first-order valence-electron chi connectivity index (χ1n) is 9.43. The minimum absolute atomic E-state index is 0.219. The highest BCUT2D eigenvalue weighted by Gasteiger charge is 2.02. The van der Waals surface area contributed by atoms with Gasteiger partial charge in [0.25, 0.3) is 0 Å². The lowest BCUT2D eigenvalue weighted by Gasteiger charge is -2.11. The molecule has 0 aliphatic rings. The van der Waals surface area contributed by atoms with Crippen LogP contribution in [-0.4, -0.2) is 8.76 Å². The van der Waals surface area contributed by atoms with E-state index in [1.807, 2.05) is 60.7 Å². The van der Waals surface area contributed by atoms with Crippen LogP contribution in [0.15, 0.2) is 102 Å². The van der Waals surface area contributed by atoms with Gasteiger partial charge < -0.3 is 25.1 Å². The van der Waals surface area contributed by atoms with E-state index in [-0.39, 0.29) is 4.90 Å². The van der Waals surface area contributed by atoms with E-state index in [9.17, 15) is 8.76 Å². The second-order valence-electron chi connectivity index (χ2n) is 6.65. The lowest BCUT2D eigenvalue weighted by molar-refractivity contribution is 0.482. The van der Waals surface area contributed by atoms with E-state index in [4.69, 9.17) is 15.2 Å². The maximum atomic E-state index is 10.9. The van der Waals surface area contributed by atoms with E-state index in [2.05, 4.69) is 5.32 Å². The van der Waals surface area contributed by atoms with Crippen LogP contribution < -0.4 is 20.5 Å². The number of nitrogen functional groups attached to an aromatic ring is 1. The van der Waals surface area contributed by atoms with E-state index in [0.29, 0.717) is 17.2 Å². The average molecular weight is 431 g/mol. The van der Waals surface area contributed by atoms with Crippen molar-refractivity contribution < 1.29 is 18.2 Å². The summed E-state index contributed by atoms with van der Waals surface area (Å²) in [6.07, 6.45) is 0. The molecule has 0 fully saturated rings. The first kappa shape index (κ1) is 20.5. The quantitative estimate of drug-likeness (QED) is 0.282. The van der Waals surface area contributed by atoms with Crippen molar-refractivity contribution in [2.75, 3.05) is 11.1 Å². The van der Waals surface area contributed by atoms with Crippen LogP contribution in [0.1, 0.15) is 0 Å². The number of benzene rings is 4. The summed E-state index contributed by atoms with van der Waals surface area (Å²) in [5.74, 6) is 2.66. The fourth-order valence-corrected chi connectivity index (χ4v) is 3.16. The van der Waals surface area contributed by atoms with Crippen molar-refractivity contribution in [2.45, 2.75) is 4.90 Å². The summed E-state index contributed by atoms with van der Waals surface area (Å²) in [6.45, 7) is 0. The molecule has 0 amide bonds. The number of rotatable bonds is 7. The fourth-order valence-electron chi connectivity index (χ4n) is 2.81. The summed E-state index contributed by atoms with van der Waals surface area (Å²) in [7, 11) is 0. The second-order valence-corrected chi connectivity index (χ2v) is 7.59. The van der Waals surface area contributed by atoms with Crippen LogP contribution in [0.3, 0.4) is 0 Å². The van der Waals surface area contributed by atoms with Gasteiger partial charge in [-0.25, -0.2) is 0 Å². The minimum Gasteiger partial charge on any atom is -0.768 e. The molecule has 31 heavy (non-hydrogen) atoms. The topological polar surface area (TPSA) is 96.6 Å². The Bertz CT molecular complexity index is 1160. The van der Waals surface area contributed by atoms with Crippen LogP contribution in [0.2, 0.25) is 0 Å². The number of hydrogen-bond acceptors (Lipinski definition) is 6. The SMILES string of the molecule is Nc1ccc(Oc2ccc(Nc3ccc(Oc4ccc(S(=O)[O-])cc4)cc3)cc2)cc1. The molecule has 4 rings (SSSR count). The lowest BCUT2D eigenvalue weighted by Crippen LogP contribution is -1.92. The zero-order chi connectivity index (χ0) is 21.6. The summed E-state index contributed by atoms with van der Waals surface area (Å²) in [5.41, 5.74) is 8.19. The molecule has 0 spiro atoms. The smallest absolute Gasteiger partial charge is 0.127 e. The first-order chi connectivity index (χ1) is 15.0. The van der Waals surface area contributed by atoms with Crippen LogP contribution in [0.25, 0.3) is 0 Å². The Morgan fingerprint density at radius 1 is 0.613 bits per heavy atom. The van der Waals surface area contributed by atoms with Gasteiger partial charge in [-0.2, -0.15) is 0 Å². The molecule has 0 aliphatic carbocycles. The maximum absolute atomic E-state index is 10.9. The van der Waals surface area contributed by atoms with E-state index in [1.165, 1.54) is 12.1 Å². The Hall–Kier alpha value is -3.81. The van der Waals surface area contributed by atoms with Gasteiger partial charge >= 0.3 is 0 Å². The lowest BCUT2D eigenvalue weighted by atomic mass is 10.2. The molecule has 0 saturated carbocycles. The molecule has 0 saturated heterocycles. The number of hydrogen-bond donors (Lipinski definition) is 2. The molecular formula is C24H19N2O4S-. The standard InChI is InChI=1S/C24H20N2O4S/c25-17-1-7-20(8-2-17)29-21-9-3-18(4-10-21)26-19-5-11-22(12-6-19)30-23-13-15-24(16-14-23)31(27)28/h1-16,26H,25H2,(H,27,28)/p-1. The highest BCUT2D eigenvalue weighted by atomic mass is 32.2. The molecule has 4 aromatic carbocycles. The van der Waals surface area contributed by atoms with Gasteiger partial charge in [0.15, 0.2) is 0 Å². The van der Waals surface area contributed by atoms with Gasteiger partial charge in [-0.1, -0.05) is 0 Å². The summed E-state index contributed by atoms with van der Waals surface area (Å²) < 4.78 is 33.4. The Morgan fingerprint density at radius 2 is 0.968 bits per heavy atom. The van der Waals surface area contributed by atoms with Gasteiger partial charge in [-0.05, 0) is 108 Å². The summed E-state index contributed by atoms with van der Waals surface area (Å²) >= 11 is -2.25. The Kier molecular flexibility index (Phi) is 6.16. The molecule has 156 valence electrons.